The molecule has 1 amide bonds. The van der Waals surface area contributed by atoms with Gasteiger partial charge in [-0.3, -0.25) is 9.69 Å². The van der Waals surface area contributed by atoms with E-state index in [-0.39, 0.29) is 23.3 Å². The molecule has 0 aliphatic carbocycles. The number of likely N-dealkylation sites (tertiary alicyclic amines) is 1. The summed E-state index contributed by atoms with van der Waals surface area (Å²) in [5, 5.41) is 2.66. The van der Waals surface area contributed by atoms with E-state index in [1.807, 2.05) is 6.07 Å². The third-order valence-electron chi connectivity index (χ3n) is 4.44. The summed E-state index contributed by atoms with van der Waals surface area (Å²) < 4.78 is 27.3. The predicted octanol–water partition coefficient (Wildman–Crippen LogP) is 3.82. The van der Waals surface area contributed by atoms with Gasteiger partial charge in [0.1, 0.15) is 11.6 Å². The number of nitrogens with zero attached hydrogens (tertiary/aromatic N) is 1. The fourth-order valence-electron chi connectivity index (χ4n) is 3.02. The van der Waals surface area contributed by atoms with Crippen molar-refractivity contribution in [1.29, 1.82) is 0 Å². The van der Waals surface area contributed by atoms with Crippen molar-refractivity contribution >= 4 is 11.6 Å². The first-order valence-corrected chi connectivity index (χ1v) is 8.14. The van der Waals surface area contributed by atoms with Gasteiger partial charge >= 0.3 is 0 Å². The number of para-hydroxylation sites is 1. The molecule has 3 rings (SSSR count). The number of anilines is 1. The first-order chi connectivity index (χ1) is 11.6. The van der Waals surface area contributed by atoms with Crippen molar-refractivity contribution in [3.8, 4) is 0 Å². The monoisotopic (exact) mass is 330 g/mol. The Balaban J connectivity index is 1.52. The number of hydrogen-bond acceptors (Lipinski definition) is 2. The van der Waals surface area contributed by atoms with E-state index < -0.39 is 5.82 Å². The summed E-state index contributed by atoms with van der Waals surface area (Å²) >= 11 is 0. The topological polar surface area (TPSA) is 32.3 Å². The molecule has 2 aromatic rings. The highest BCUT2D eigenvalue weighted by atomic mass is 19.1. The zero-order valence-electron chi connectivity index (χ0n) is 13.3. The minimum absolute atomic E-state index is 0.138. The number of amides is 1. The lowest BCUT2D eigenvalue weighted by atomic mass is 9.95. The maximum atomic E-state index is 13.7. The van der Waals surface area contributed by atoms with E-state index >= 15 is 0 Å². The highest BCUT2D eigenvalue weighted by molar-refractivity contribution is 5.92. The average Bonchev–Trinajstić information content (AvgIpc) is 2.59. The second-order valence-corrected chi connectivity index (χ2v) is 6.11. The lowest BCUT2D eigenvalue weighted by Gasteiger charge is -2.31. The summed E-state index contributed by atoms with van der Waals surface area (Å²) in [5.41, 5.74) is 0.892. The quantitative estimate of drug-likeness (QED) is 0.924. The van der Waals surface area contributed by atoms with Gasteiger partial charge in [0.15, 0.2) is 0 Å². The van der Waals surface area contributed by atoms with Crippen molar-refractivity contribution < 1.29 is 13.6 Å². The van der Waals surface area contributed by atoms with Gasteiger partial charge in [0, 0.05) is 18.0 Å². The van der Waals surface area contributed by atoms with Crippen LogP contribution < -0.4 is 5.32 Å². The number of carbonyl (C=O) groups is 1. The van der Waals surface area contributed by atoms with Crippen molar-refractivity contribution in [2.24, 2.45) is 5.92 Å². The smallest absolute Gasteiger partial charge is 0.227 e. The van der Waals surface area contributed by atoms with E-state index in [2.05, 4.69) is 10.2 Å². The number of nitrogens with one attached hydrogen (secondary N) is 1. The number of carbonyl (C=O) groups excluding carboxylic acids is 1. The Labute approximate surface area is 140 Å². The van der Waals surface area contributed by atoms with Crippen LogP contribution in [-0.4, -0.2) is 23.9 Å². The highest BCUT2D eigenvalue weighted by Gasteiger charge is 2.25. The molecule has 1 saturated heterocycles. The van der Waals surface area contributed by atoms with Crippen LogP contribution in [-0.2, 0) is 11.3 Å². The molecule has 0 bridgehead atoms. The van der Waals surface area contributed by atoms with Gasteiger partial charge in [-0.2, -0.15) is 0 Å². The van der Waals surface area contributed by atoms with E-state index in [4.69, 9.17) is 0 Å². The summed E-state index contributed by atoms with van der Waals surface area (Å²) in [6.07, 6.45) is 1.38. The molecule has 24 heavy (non-hydrogen) atoms. The van der Waals surface area contributed by atoms with E-state index in [0.29, 0.717) is 24.9 Å². The molecule has 1 N–H and O–H groups in total. The molecule has 1 aliphatic heterocycles. The van der Waals surface area contributed by atoms with Crippen LogP contribution in [0.1, 0.15) is 18.4 Å². The molecule has 126 valence electrons. The van der Waals surface area contributed by atoms with E-state index in [9.17, 15) is 13.6 Å². The summed E-state index contributed by atoms with van der Waals surface area (Å²) in [6, 6.07) is 12.9. The molecule has 1 heterocycles. The summed E-state index contributed by atoms with van der Waals surface area (Å²) in [7, 11) is 0. The van der Waals surface area contributed by atoms with Crippen LogP contribution in [0.2, 0.25) is 0 Å². The maximum absolute atomic E-state index is 13.7. The number of piperidine rings is 1. The van der Waals surface area contributed by atoms with Crippen molar-refractivity contribution in [1.82, 2.24) is 4.90 Å². The molecule has 0 saturated carbocycles. The SMILES string of the molecule is O=C(Nc1ccccc1F)C1CCN(Cc2ccccc2F)CC1. The van der Waals surface area contributed by atoms with Crippen LogP contribution in [0.5, 0.6) is 0 Å². The molecule has 1 aliphatic rings. The Morgan fingerprint density at radius 2 is 1.62 bits per heavy atom. The Hall–Kier alpha value is -2.27. The normalized spacial score (nSPS) is 16.1. The van der Waals surface area contributed by atoms with Crippen LogP contribution in [0.3, 0.4) is 0 Å². The summed E-state index contributed by atoms with van der Waals surface area (Å²) in [5.74, 6) is -0.910. The van der Waals surface area contributed by atoms with Gasteiger partial charge in [-0.15, -0.1) is 0 Å². The zero-order valence-corrected chi connectivity index (χ0v) is 13.3. The molecular weight excluding hydrogens is 310 g/mol. The molecule has 2 aromatic carbocycles. The van der Waals surface area contributed by atoms with Gasteiger partial charge in [-0.1, -0.05) is 30.3 Å². The fourth-order valence-corrected chi connectivity index (χ4v) is 3.02. The molecule has 1 fully saturated rings. The summed E-state index contributed by atoms with van der Waals surface area (Å²) in [4.78, 5) is 14.4. The average molecular weight is 330 g/mol. The van der Waals surface area contributed by atoms with Crippen LogP contribution in [0.4, 0.5) is 14.5 Å². The first kappa shape index (κ1) is 16.6. The first-order valence-electron chi connectivity index (χ1n) is 8.14. The Kier molecular flexibility index (Phi) is 5.20. The molecule has 0 radical (unpaired) electrons. The molecule has 0 unspecified atom stereocenters. The van der Waals surface area contributed by atoms with Crippen LogP contribution in [0, 0.1) is 17.6 Å². The Bertz CT molecular complexity index is 712. The van der Waals surface area contributed by atoms with E-state index in [0.717, 1.165) is 13.1 Å². The van der Waals surface area contributed by atoms with Crippen LogP contribution in [0.15, 0.2) is 48.5 Å². The van der Waals surface area contributed by atoms with E-state index in [1.165, 1.54) is 12.1 Å². The Morgan fingerprint density at radius 1 is 1.00 bits per heavy atom. The highest BCUT2D eigenvalue weighted by Crippen LogP contribution is 2.22. The molecule has 0 spiro atoms. The van der Waals surface area contributed by atoms with Gasteiger partial charge < -0.3 is 5.32 Å². The standard InChI is InChI=1S/C19H20F2N2O/c20-16-6-2-1-5-15(16)13-23-11-9-14(10-12-23)19(24)22-18-8-4-3-7-17(18)21/h1-8,14H,9-13H2,(H,22,24). The number of rotatable bonds is 4. The largest absolute Gasteiger partial charge is 0.323 e. The van der Waals surface area contributed by atoms with Crippen LogP contribution in [0.25, 0.3) is 0 Å². The van der Waals surface area contributed by atoms with Crippen molar-refractivity contribution in [3.05, 3.63) is 65.7 Å². The van der Waals surface area contributed by atoms with E-state index in [1.54, 1.807) is 30.3 Å². The number of benzene rings is 2. The van der Waals surface area contributed by atoms with Gasteiger partial charge in [-0.05, 0) is 44.1 Å². The molecule has 0 aromatic heterocycles. The van der Waals surface area contributed by atoms with Gasteiger partial charge in [0.2, 0.25) is 5.91 Å². The second kappa shape index (κ2) is 7.53. The minimum Gasteiger partial charge on any atom is -0.323 e. The zero-order chi connectivity index (χ0) is 16.9. The van der Waals surface area contributed by atoms with Crippen LogP contribution >= 0.6 is 0 Å². The van der Waals surface area contributed by atoms with Crippen molar-refractivity contribution in [3.63, 3.8) is 0 Å². The molecule has 5 heteroatoms. The number of halogens is 2. The van der Waals surface area contributed by atoms with Crippen molar-refractivity contribution in [2.75, 3.05) is 18.4 Å². The predicted molar refractivity (Wildman–Crippen MR) is 89.4 cm³/mol. The van der Waals surface area contributed by atoms with Gasteiger partial charge in [-0.25, -0.2) is 8.78 Å². The van der Waals surface area contributed by atoms with Crippen molar-refractivity contribution in [2.45, 2.75) is 19.4 Å². The maximum Gasteiger partial charge on any atom is 0.227 e. The molecule has 0 atom stereocenters. The lowest BCUT2D eigenvalue weighted by Crippen LogP contribution is -2.38. The van der Waals surface area contributed by atoms with Gasteiger partial charge in [0.25, 0.3) is 0 Å². The minimum atomic E-state index is -0.428. The number of hydrogen-bond donors (Lipinski definition) is 1. The van der Waals surface area contributed by atoms with Gasteiger partial charge in [0.05, 0.1) is 5.69 Å². The third kappa shape index (κ3) is 3.97. The summed E-state index contributed by atoms with van der Waals surface area (Å²) in [6.45, 7) is 2.00. The third-order valence-corrected chi connectivity index (χ3v) is 4.44. The fraction of sp³-hybridized carbons (Fsp3) is 0.316. The lowest BCUT2D eigenvalue weighted by molar-refractivity contribution is -0.121. The molecular formula is C19H20F2N2O. The second-order valence-electron chi connectivity index (χ2n) is 6.11. The Morgan fingerprint density at radius 3 is 2.29 bits per heavy atom. The molecule has 3 nitrogen and oxygen atoms in total.